The summed E-state index contributed by atoms with van der Waals surface area (Å²) in [6, 6.07) is 0. The molecule has 9 heteroatoms. The van der Waals surface area contributed by atoms with Gasteiger partial charge in [-0.1, -0.05) is 0 Å². The maximum atomic E-state index is 7.25. The Morgan fingerprint density at radius 3 is 0.889 bits per heavy atom. The number of rotatable bonds is 0. The van der Waals surface area contributed by atoms with E-state index < -0.39 is 13.0 Å². The van der Waals surface area contributed by atoms with Gasteiger partial charge in [0.05, 0.1) is 0 Å². The molecular formula is H6Cl3NO4Ru-2. The van der Waals surface area contributed by atoms with Crippen molar-refractivity contribution >= 4 is 29.1 Å². The number of hydrogen-bond acceptors (Lipinski definition) is 1. The molecule has 0 fully saturated rings. The fourth-order valence-electron chi connectivity index (χ4n) is 0. The Kier molecular flexibility index (Phi) is 130. The third kappa shape index (κ3) is 461. The van der Waals surface area contributed by atoms with Crippen LogP contribution in [0.3, 0.4) is 0 Å². The van der Waals surface area contributed by atoms with Crippen LogP contribution >= 0.6 is 29.1 Å². The fraction of sp³-hybridized carbons (Fsp3) is 0. The van der Waals surface area contributed by atoms with Crippen LogP contribution in [0.1, 0.15) is 0 Å². The normalized spacial score (nSPS) is 5.44. The first-order valence-corrected chi connectivity index (χ1v) is 7.30. The standard InChI is InChI=1S/3ClH.NO.3H2O.Ru/c;;;1-2;;;;/h3*1H;;3*1H2;/q;;;-1;;;;+2/p-3. The Balaban J connectivity index is -0.00000000990. The van der Waals surface area contributed by atoms with Gasteiger partial charge in [0.15, 0.2) is 0 Å². The molecule has 0 amide bonds. The van der Waals surface area contributed by atoms with Gasteiger partial charge in [-0.05, 0) is 0 Å². The van der Waals surface area contributed by atoms with E-state index in [1.807, 2.05) is 0 Å². The molecule has 0 aliphatic rings. The predicted molar refractivity (Wildman–Crippen MR) is 35.1 cm³/mol. The van der Waals surface area contributed by atoms with Crippen LogP contribution < -0.4 is 0 Å². The Bertz CT molecular complexity index is 27.0. The van der Waals surface area contributed by atoms with E-state index >= 15 is 0 Å². The first-order chi connectivity index (χ1) is 2.73. The zero-order valence-electron chi connectivity index (χ0n) is 3.84. The second-order valence-electron chi connectivity index (χ2n) is 0.152. The van der Waals surface area contributed by atoms with Crippen LogP contribution in [0.25, 0.3) is 5.59 Å². The van der Waals surface area contributed by atoms with Gasteiger partial charge in [-0.15, -0.1) is 0 Å². The van der Waals surface area contributed by atoms with E-state index in [0.29, 0.717) is 0 Å². The molecule has 0 bridgehead atoms. The Morgan fingerprint density at radius 1 is 0.889 bits per heavy atom. The van der Waals surface area contributed by atoms with Crippen molar-refractivity contribution in [1.82, 2.24) is 0 Å². The van der Waals surface area contributed by atoms with E-state index in [9.17, 15) is 0 Å². The summed E-state index contributed by atoms with van der Waals surface area (Å²) in [5.74, 6) is 0. The zero-order valence-corrected chi connectivity index (χ0v) is 7.85. The van der Waals surface area contributed by atoms with Gasteiger partial charge < -0.3 is 26.9 Å². The van der Waals surface area contributed by atoms with Crippen LogP contribution in [0.5, 0.6) is 0 Å². The molecule has 0 saturated heterocycles. The largest absolute Gasteiger partial charge is 0.577 e. The van der Waals surface area contributed by atoms with E-state index in [-0.39, 0.29) is 16.4 Å². The SMILES string of the molecule is O.O.O.[Cl][Ru-]([Cl])[Cl].[N-]=O. The average Bonchev–Trinajstić information content (AvgIpc) is 1.41. The summed E-state index contributed by atoms with van der Waals surface area (Å²) in [6.45, 7) is 0. The number of halogens is 3. The molecule has 6 N–H and O–H groups in total. The number of nitrogens with zero attached hydrogens (tertiary/aromatic N) is 1. The summed E-state index contributed by atoms with van der Waals surface area (Å²) < 4.78 is 0. The van der Waals surface area contributed by atoms with Crippen LogP contribution in [0, 0.1) is 4.91 Å². The van der Waals surface area contributed by atoms with E-state index in [0.717, 1.165) is 0 Å². The minimum atomic E-state index is -1.75. The van der Waals surface area contributed by atoms with E-state index in [4.69, 9.17) is 39.6 Å². The molecule has 0 aromatic carbocycles. The molecule has 0 saturated carbocycles. The zero-order chi connectivity index (χ0) is 5.58. The monoisotopic (exact) mass is 291 g/mol. The van der Waals surface area contributed by atoms with Crippen molar-refractivity contribution in [2.45, 2.75) is 0 Å². The summed E-state index contributed by atoms with van der Waals surface area (Å²) in [5.41, 5.74) is 5.75. The molecule has 0 radical (unpaired) electrons. The van der Waals surface area contributed by atoms with Gasteiger partial charge in [0.25, 0.3) is 0 Å². The van der Waals surface area contributed by atoms with Crippen LogP contribution in [0.4, 0.5) is 0 Å². The molecule has 0 aliphatic carbocycles. The van der Waals surface area contributed by atoms with Crippen LogP contribution in [-0.2, 0) is 13.0 Å². The first-order valence-electron chi connectivity index (χ1n) is 0.583. The third-order valence-corrected chi connectivity index (χ3v) is 0. The molecule has 9 heavy (non-hydrogen) atoms. The molecule has 5 nitrogen and oxygen atoms in total. The van der Waals surface area contributed by atoms with Crippen molar-refractivity contribution in [2.24, 2.45) is 0 Å². The second kappa shape index (κ2) is 36.1. The average molecular weight is 291 g/mol. The van der Waals surface area contributed by atoms with Crippen LogP contribution in [-0.4, -0.2) is 16.4 Å². The minimum absolute atomic E-state index is 0. The maximum Gasteiger partial charge on any atom is -0.423 e. The Hall–Kier alpha value is 0.973. The molecule has 0 aliphatic heterocycles. The number of nitroso groups, excluding NO2 is 1. The molecular weight excluding hydrogens is 285 g/mol. The van der Waals surface area contributed by atoms with Gasteiger partial charge in [0.1, 0.15) is 0 Å². The Morgan fingerprint density at radius 2 is 0.889 bits per heavy atom. The summed E-state index contributed by atoms with van der Waals surface area (Å²) in [5, 5.41) is 0. The predicted octanol–water partition coefficient (Wildman–Crippen LogP) is -0.0859. The van der Waals surface area contributed by atoms with Crippen molar-refractivity contribution in [3.8, 4) is 0 Å². The van der Waals surface area contributed by atoms with Crippen LogP contribution in [0.2, 0.25) is 0 Å². The minimum Gasteiger partial charge on any atom is -0.577 e. The molecule has 66 valence electrons. The van der Waals surface area contributed by atoms with E-state index in [1.165, 1.54) is 0 Å². The maximum absolute atomic E-state index is 7.25. The first kappa shape index (κ1) is 32.5. The van der Waals surface area contributed by atoms with Crippen molar-refractivity contribution in [1.29, 1.82) is 0 Å². The molecule has 0 aromatic heterocycles. The quantitative estimate of drug-likeness (QED) is 0.567. The molecule has 0 atom stereocenters. The summed E-state index contributed by atoms with van der Waals surface area (Å²) in [7, 11) is 14.8. The molecule has 0 heterocycles. The van der Waals surface area contributed by atoms with Crippen molar-refractivity contribution < 1.29 is 29.4 Å². The third-order valence-electron chi connectivity index (χ3n) is 0. The van der Waals surface area contributed by atoms with Gasteiger partial charge in [-0.2, -0.15) is 0 Å². The number of hydrogen-bond donors (Lipinski definition) is 0. The van der Waals surface area contributed by atoms with Crippen molar-refractivity contribution in [3.05, 3.63) is 10.5 Å². The van der Waals surface area contributed by atoms with Gasteiger partial charge in [-0.25, -0.2) is 0 Å². The van der Waals surface area contributed by atoms with E-state index in [1.54, 1.807) is 0 Å². The summed E-state index contributed by atoms with van der Waals surface area (Å²) >= 11 is -1.75. The Labute approximate surface area is 69.0 Å². The van der Waals surface area contributed by atoms with Crippen LogP contribution in [0.15, 0.2) is 0 Å². The van der Waals surface area contributed by atoms with Crippen molar-refractivity contribution in [2.75, 3.05) is 0 Å². The van der Waals surface area contributed by atoms with Crippen molar-refractivity contribution in [3.63, 3.8) is 0 Å². The van der Waals surface area contributed by atoms with Gasteiger partial charge in [-0.3, -0.25) is 0 Å². The molecule has 0 rings (SSSR count). The topological polar surface area (TPSA) is 134 Å². The fourth-order valence-corrected chi connectivity index (χ4v) is 0. The van der Waals surface area contributed by atoms with Gasteiger partial charge in [0.2, 0.25) is 0 Å². The molecule has 0 spiro atoms. The molecule has 0 unspecified atom stereocenters. The second-order valence-corrected chi connectivity index (χ2v) is 8.07. The van der Waals surface area contributed by atoms with Gasteiger partial charge in [0, 0.05) is 0 Å². The van der Waals surface area contributed by atoms with E-state index in [2.05, 4.69) is 0 Å². The van der Waals surface area contributed by atoms with Gasteiger partial charge >= 0.3 is 42.1 Å². The summed E-state index contributed by atoms with van der Waals surface area (Å²) in [6.07, 6.45) is 0. The molecule has 0 aromatic rings. The summed E-state index contributed by atoms with van der Waals surface area (Å²) in [4.78, 5) is 7.25. The smallest absolute Gasteiger partial charge is 0.423 e.